The maximum atomic E-state index is 6.37. The van der Waals surface area contributed by atoms with Crippen molar-refractivity contribution >= 4 is 11.6 Å². The van der Waals surface area contributed by atoms with Gasteiger partial charge in [-0.1, -0.05) is 31.9 Å². The predicted molar refractivity (Wildman–Crippen MR) is 78.3 cm³/mol. The molecule has 0 saturated carbocycles. The number of halogens is 1. The van der Waals surface area contributed by atoms with Gasteiger partial charge in [0.1, 0.15) is 0 Å². The number of hydrogen-bond donors (Lipinski definition) is 1. The normalized spacial score (nSPS) is 12.9. The summed E-state index contributed by atoms with van der Waals surface area (Å²) in [6, 6.07) is 0. The molecule has 1 heterocycles. The molecule has 0 saturated heterocycles. The second-order valence-corrected chi connectivity index (χ2v) is 5.21. The molecule has 1 rings (SSSR count). The summed E-state index contributed by atoms with van der Waals surface area (Å²) in [5, 5.41) is 8.79. The minimum atomic E-state index is 0.647. The van der Waals surface area contributed by atoms with Gasteiger partial charge in [-0.3, -0.25) is 4.68 Å². The Labute approximate surface area is 116 Å². The van der Waals surface area contributed by atoms with Gasteiger partial charge in [0.2, 0.25) is 0 Å². The van der Waals surface area contributed by atoms with Crippen molar-refractivity contribution in [3.63, 3.8) is 0 Å². The second-order valence-electron chi connectivity index (χ2n) is 4.83. The Balaban J connectivity index is 2.78. The summed E-state index contributed by atoms with van der Waals surface area (Å²) in [7, 11) is 0. The highest BCUT2D eigenvalue weighted by Gasteiger charge is 2.17. The first-order valence-corrected chi connectivity index (χ1v) is 7.44. The van der Waals surface area contributed by atoms with Crippen LogP contribution in [0.15, 0.2) is 0 Å². The SMILES string of the molecule is CCCC(CNCC)Cc1c(Cl)c(C)nn1CC. The van der Waals surface area contributed by atoms with E-state index in [0.29, 0.717) is 5.92 Å². The monoisotopic (exact) mass is 271 g/mol. The third kappa shape index (κ3) is 3.99. The third-order valence-electron chi connectivity index (χ3n) is 3.31. The van der Waals surface area contributed by atoms with E-state index in [1.54, 1.807) is 0 Å². The van der Waals surface area contributed by atoms with E-state index in [-0.39, 0.29) is 0 Å². The molecular weight excluding hydrogens is 246 g/mol. The smallest absolute Gasteiger partial charge is 0.0847 e. The van der Waals surface area contributed by atoms with Gasteiger partial charge in [0.05, 0.1) is 16.4 Å². The molecule has 0 spiro atoms. The Morgan fingerprint density at radius 1 is 1.33 bits per heavy atom. The minimum absolute atomic E-state index is 0.647. The van der Waals surface area contributed by atoms with Crippen molar-refractivity contribution in [3.05, 3.63) is 16.4 Å². The molecule has 4 heteroatoms. The van der Waals surface area contributed by atoms with Crippen LogP contribution in [0.3, 0.4) is 0 Å². The van der Waals surface area contributed by atoms with Crippen molar-refractivity contribution < 1.29 is 0 Å². The van der Waals surface area contributed by atoms with Gasteiger partial charge in [-0.25, -0.2) is 0 Å². The molecule has 0 amide bonds. The maximum absolute atomic E-state index is 6.37. The van der Waals surface area contributed by atoms with Crippen LogP contribution in [0.5, 0.6) is 0 Å². The molecule has 18 heavy (non-hydrogen) atoms. The first kappa shape index (κ1) is 15.5. The molecule has 0 aliphatic heterocycles. The van der Waals surface area contributed by atoms with Gasteiger partial charge in [0.15, 0.2) is 0 Å². The minimum Gasteiger partial charge on any atom is -0.317 e. The first-order chi connectivity index (χ1) is 8.63. The van der Waals surface area contributed by atoms with Gasteiger partial charge in [-0.2, -0.15) is 5.10 Å². The summed E-state index contributed by atoms with van der Waals surface area (Å²) in [5.41, 5.74) is 2.15. The van der Waals surface area contributed by atoms with Gasteiger partial charge < -0.3 is 5.32 Å². The second kappa shape index (κ2) is 7.80. The van der Waals surface area contributed by atoms with Crippen LogP contribution in [0, 0.1) is 12.8 Å². The molecule has 0 aliphatic rings. The van der Waals surface area contributed by atoms with Crippen molar-refractivity contribution in [2.75, 3.05) is 13.1 Å². The number of rotatable bonds is 8. The van der Waals surface area contributed by atoms with Crippen LogP contribution in [0.4, 0.5) is 0 Å². The summed E-state index contributed by atoms with van der Waals surface area (Å²) < 4.78 is 2.05. The maximum Gasteiger partial charge on any atom is 0.0847 e. The number of hydrogen-bond acceptors (Lipinski definition) is 2. The topological polar surface area (TPSA) is 29.9 Å². The lowest BCUT2D eigenvalue weighted by Crippen LogP contribution is -2.25. The van der Waals surface area contributed by atoms with Crippen LogP contribution in [-0.4, -0.2) is 22.9 Å². The summed E-state index contributed by atoms with van der Waals surface area (Å²) in [6.45, 7) is 11.5. The molecule has 0 bridgehead atoms. The van der Waals surface area contributed by atoms with E-state index in [4.69, 9.17) is 11.6 Å². The van der Waals surface area contributed by atoms with Crippen molar-refractivity contribution in [1.29, 1.82) is 0 Å². The van der Waals surface area contributed by atoms with Crippen LogP contribution in [0.2, 0.25) is 5.02 Å². The molecule has 1 aromatic rings. The van der Waals surface area contributed by atoms with E-state index in [2.05, 4.69) is 31.2 Å². The van der Waals surface area contributed by atoms with Crippen molar-refractivity contribution in [1.82, 2.24) is 15.1 Å². The fourth-order valence-corrected chi connectivity index (χ4v) is 2.58. The Morgan fingerprint density at radius 3 is 2.61 bits per heavy atom. The Kier molecular flexibility index (Phi) is 6.72. The van der Waals surface area contributed by atoms with Crippen LogP contribution >= 0.6 is 11.6 Å². The van der Waals surface area contributed by atoms with E-state index in [1.165, 1.54) is 18.5 Å². The molecule has 0 radical (unpaired) electrons. The standard InChI is InChI=1S/C14H26ClN3/c1-5-8-12(10-16-6-2)9-13-14(15)11(4)17-18(13)7-3/h12,16H,5-10H2,1-4H3. The van der Waals surface area contributed by atoms with Crippen LogP contribution in [0.1, 0.15) is 45.0 Å². The number of aromatic nitrogens is 2. The summed E-state index contributed by atoms with van der Waals surface area (Å²) >= 11 is 6.37. The zero-order chi connectivity index (χ0) is 13.5. The molecule has 0 fully saturated rings. The molecule has 1 aromatic heterocycles. The van der Waals surface area contributed by atoms with Crippen LogP contribution in [0.25, 0.3) is 0 Å². The van der Waals surface area contributed by atoms with Gasteiger partial charge >= 0.3 is 0 Å². The fourth-order valence-electron chi connectivity index (χ4n) is 2.37. The lowest BCUT2D eigenvalue weighted by Gasteiger charge is -2.17. The Hall–Kier alpha value is -0.540. The number of nitrogens with zero attached hydrogens (tertiary/aromatic N) is 2. The molecule has 1 N–H and O–H groups in total. The largest absolute Gasteiger partial charge is 0.317 e. The quantitative estimate of drug-likeness (QED) is 0.785. The average molecular weight is 272 g/mol. The summed E-state index contributed by atoms with van der Waals surface area (Å²) in [5.74, 6) is 0.647. The average Bonchev–Trinajstić information content (AvgIpc) is 2.63. The van der Waals surface area contributed by atoms with Crippen molar-refractivity contribution in [2.45, 2.75) is 53.5 Å². The van der Waals surface area contributed by atoms with E-state index >= 15 is 0 Å². The molecule has 1 atom stereocenters. The van der Waals surface area contributed by atoms with Gasteiger partial charge in [-0.05, 0) is 45.7 Å². The lowest BCUT2D eigenvalue weighted by molar-refractivity contribution is 0.429. The first-order valence-electron chi connectivity index (χ1n) is 7.06. The highest BCUT2D eigenvalue weighted by molar-refractivity contribution is 6.31. The summed E-state index contributed by atoms with van der Waals surface area (Å²) in [4.78, 5) is 0. The van der Waals surface area contributed by atoms with E-state index < -0.39 is 0 Å². The van der Waals surface area contributed by atoms with Crippen LogP contribution < -0.4 is 5.32 Å². The van der Waals surface area contributed by atoms with E-state index in [1.807, 2.05) is 11.6 Å². The van der Waals surface area contributed by atoms with E-state index in [0.717, 1.165) is 36.8 Å². The van der Waals surface area contributed by atoms with Crippen molar-refractivity contribution in [3.8, 4) is 0 Å². The Bertz CT molecular complexity index is 360. The summed E-state index contributed by atoms with van der Waals surface area (Å²) in [6.07, 6.45) is 3.47. The molecule has 0 aromatic carbocycles. The molecule has 3 nitrogen and oxygen atoms in total. The highest BCUT2D eigenvalue weighted by atomic mass is 35.5. The Morgan fingerprint density at radius 2 is 2.06 bits per heavy atom. The molecule has 0 aliphatic carbocycles. The highest BCUT2D eigenvalue weighted by Crippen LogP contribution is 2.24. The molecule has 104 valence electrons. The zero-order valence-electron chi connectivity index (χ0n) is 12.1. The number of aryl methyl sites for hydroxylation is 2. The van der Waals surface area contributed by atoms with Gasteiger partial charge in [0, 0.05) is 6.54 Å². The van der Waals surface area contributed by atoms with E-state index in [9.17, 15) is 0 Å². The predicted octanol–water partition coefficient (Wildman–Crippen LogP) is 3.43. The molecular formula is C14H26ClN3. The number of nitrogens with one attached hydrogen (secondary N) is 1. The lowest BCUT2D eigenvalue weighted by atomic mass is 9.97. The van der Waals surface area contributed by atoms with Gasteiger partial charge in [0.25, 0.3) is 0 Å². The fraction of sp³-hybridized carbons (Fsp3) is 0.786. The van der Waals surface area contributed by atoms with Crippen molar-refractivity contribution in [2.24, 2.45) is 5.92 Å². The van der Waals surface area contributed by atoms with Gasteiger partial charge in [-0.15, -0.1) is 0 Å². The van der Waals surface area contributed by atoms with Crippen LogP contribution in [-0.2, 0) is 13.0 Å². The third-order valence-corrected chi connectivity index (χ3v) is 3.81. The zero-order valence-corrected chi connectivity index (χ0v) is 12.8. The molecule has 1 unspecified atom stereocenters.